The number of nitrogens with one attached hydrogen (secondary N) is 1. The summed E-state index contributed by atoms with van der Waals surface area (Å²) in [5, 5.41) is 3.28. The number of amides is 2. The van der Waals surface area contributed by atoms with Crippen molar-refractivity contribution < 1.29 is 18.0 Å². The monoisotopic (exact) mass is 633 g/mol. The van der Waals surface area contributed by atoms with Crippen LogP contribution in [0.2, 0.25) is 5.02 Å². The van der Waals surface area contributed by atoms with Crippen LogP contribution in [-0.2, 0) is 26.2 Å². The van der Waals surface area contributed by atoms with Crippen molar-refractivity contribution in [1.82, 2.24) is 10.2 Å². The molecule has 0 aliphatic rings. The third-order valence-corrected chi connectivity index (χ3v) is 8.80. The lowest BCUT2D eigenvalue weighted by Crippen LogP contribution is -2.51. The fourth-order valence-electron chi connectivity index (χ4n) is 3.95. The van der Waals surface area contributed by atoms with Gasteiger partial charge in [-0.3, -0.25) is 13.9 Å². The summed E-state index contributed by atoms with van der Waals surface area (Å²) >= 11 is 9.41. The van der Waals surface area contributed by atoms with Gasteiger partial charge in [0.05, 0.1) is 10.6 Å². The summed E-state index contributed by atoms with van der Waals surface area (Å²) in [6.07, 6.45) is 1.74. The molecule has 208 valence electrons. The van der Waals surface area contributed by atoms with Crippen LogP contribution in [0.25, 0.3) is 0 Å². The van der Waals surface area contributed by atoms with Crippen molar-refractivity contribution >= 4 is 55.1 Å². The second kappa shape index (κ2) is 14.0. The number of benzene rings is 3. The first-order valence-corrected chi connectivity index (χ1v) is 15.3. The van der Waals surface area contributed by atoms with Crippen LogP contribution in [0.4, 0.5) is 5.69 Å². The van der Waals surface area contributed by atoms with Gasteiger partial charge in [0.25, 0.3) is 10.0 Å². The molecule has 7 nitrogen and oxygen atoms in total. The molecular formula is C29H33BrClN3O4S. The maximum atomic E-state index is 13.9. The molecule has 0 bridgehead atoms. The summed E-state index contributed by atoms with van der Waals surface area (Å²) in [4.78, 5) is 28.3. The highest BCUT2D eigenvalue weighted by atomic mass is 79.9. The van der Waals surface area contributed by atoms with E-state index in [0.717, 1.165) is 32.7 Å². The Hall–Kier alpha value is -2.88. The molecule has 2 amide bonds. The third kappa shape index (κ3) is 8.30. The molecule has 0 radical (unpaired) electrons. The molecule has 0 aliphatic heterocycles. The Kier molecular flexibility index (Phi) is 11.0. The first-order valence-electron chi connectivity index (χ1n) is 12.7. The van der Waals surface area contributed by atoms with Gasteiger partial charge in [0.15, 0.2) is 0 Å². The topological polar surface area (TPSA) is 86.8 Å². The Balaban J connectivity index is 1.99. The molecule has 0 spiro atoms. The Morgan fingerprint density at radius 3 is 2.31 bits per heavy atom. The minimum atomic E-state index is -4.14. The molecule has 0 fully saturated rings. The highest BCUT2D eigenvalue weighted by molar-refractivity contribution is 9.10. The van der Waals surface area contributed by atoms with Crippen molar-refractivity contribution in [2.75, 3.05) is 17.4 Å². The molecule has 1 atom stereocenters. The fraction of sp³-hybridized carbons (Fsp3) is 0.310. The van der Waals surface area contributed by atoms with E-state index in [0.29, 0.717) is 17.3 Å². The first kappa shape index (κ1) is 30.7. The van der Waals surface area contributed by atoms with Gasteiger partial charge in [0.2, 0.25) is 11.8 Å². The van der Waals surface area contributed by atoms with E-state index in [1.54, 1.807) is 25.1 Å². The van der Waals surface area contributed by atoms with Crippen molar-refractivity contribution in [2.45, 2.75) is 51.1 Å². The van der Waals surface area contributed by atoms with Gasteiger partial charge in [-0.15, -0.1) is 0 Å². The molecule has 0 aliphatic carbocycles. The standard InChI is InChI=1S/C29H33BrClN3O4S/c1-4-5-17-32-29(36)22(3)33(19-23-9-11-24(30)12-10-23)28(35)20-34(26-8-6-7-21(2)18-26)39(37,38)27-15-13-25(31)14-16-27/h6-16,18,22H,4-5,17,19-20H2,1-3H3,(H,32,36)/t22-/m1/s1. The fourth-order valence-corrected chi connectivity index (χ4v) is 5.75. The zero-order valence-corrected chi connectivity index (χ0v) is 25.4. The van der Waals surface area contributed by atoms with Crippen LogP contribution in [0, 0.1) is 6.92 Å². The van der Waals surface area contributed by atoms with Gasteiger partial charge in [0.1, 0.15) is 12.6 Å². The number of hydrogen-bond donors (Lipinski definition) is 1. The Morgan fingerprint density at radius 2 is 1.69 bits per heavy atom. The van der Waals surface area contributed by atoms with Crippen LogP contribution in [0.3, 0.4) is 0 Å². The molecule has 0 unspecified atom stereocenters. The van der Waals surface area contributed by atoms with Gasteiger partial charge >= 0.3 is 0 Å². The van der Waals surface area contributed by atoms with Crippen molar-refractivity contribution in [3.05, 3.63) is 93.4 Å². The molecule has 3 rings (SSSR count). The smallest absolute Gasteiger partial charge is 0.264 e. The van der Waals surface area contributed by atoms with Gasteiger partial charge in [-0.05, 0) is 79.9 Å². The van der Waals surface area contributed by atoms with Crippen molar-refractivity contribution in [3.63, 3.8) is 0 Å². The molecule has 0 saturated heterocycles. The Bertz CT molecular complexity index is 1380. The predicted octanol–water partition coefficient (Wildman–Crippen LogP) is 5.94. The van der Waals surface area contributed by atoms with Crippen LogP contribution in [0.15, 0.2) is 82.2 Å². The van der Waals surface area contributed by atoms with E-state index >= 15 is 0 Å². The maximum absolute atomic E-state index is 13.9. The highest BCUT2D eigenvalue weighted by Crippen LogP contribution is 2.26. The van der Waals surface area contributed by atoms with Gasteiger partial charge in [-0.25, -0.2) is 8.42 Å². The lowest BCUT2D eigenvalue weighted by atomic mass is 10.1. The molecule has 0 aromatic heterocycles. The maximum Gasteiger partial charge on any atom is 0.264 e. The van der Waals surface area contributed by atoms with Crippen LogP contribution < -0.4 is 9.62 Å². The molecule has 3 aromatic rings. The number of sulfonamides is 1. The highest BCUT2D eigenvalue weighted by Gasteiger charge is 2.32. The summed E-state index contributed by atoms with van der Waals surface area (Å²) in [7, 11) is -4.14. The van der Waals surface area contributed by atoms with Crippen LogP contribution in [-0.4, -0.2) is 44.3 Å². The quantitative estimate of drug-likeness (QED) is 0.250. The Labute approximate surface area is 244 Å². The average Bonchev–Trinajstić information content (AvgIpc) is 2.91. The average molecular weight is 635 g/mol. The molecule has 1 N–H and O–H groups in total. The zero-order chi connectivity index (χ0) is 28.6. The summed E-state index contributed by atoms with van der Waals surface area (Å²) in [5.41, 5.74) is 2.00. The van der Waals surface area contributed by atoms with Crippen molar-refractivity contribution in [2.24, 2.45) is 0 Å². The van der Waals surface area contributed by atoms with E-state index in [9.17, 15) is 18.0 Å². The second-order valence-corrected chi connectivity index (χ2v) is 12.5. The predicted molar refractivity (Wildman–Crippen MR) is 159 cm³/mol. The zero-order valence-electron chi connectivity index (χ0n) is 22.2. The van der Waals surface area contributed by atoms with E-state index in [-0.39, 0.29) is 17.3 Å². The number of aryl methyl sites for hydroxylation is 1. The molecule has 3 aromatic carbocycles. The summed E-state index contributed by atoms with van der Waals surface area (Å²) < 4.78 is 29.6. The molecule has 10 heteroatoms. The Morgan fingerprint density at radius 1 is 1.03 bits per heavy atom. The SMILES string of the molecule is CCCCNC(=O)[C@@H](C)N(Cc1ccc(Br)cc1)C(=O)CN(c1cccc(C)c1)S(=O)(=O)c1ccc(Cl)cc1. The number of anilines is 1. The number of halogens is 2. The number of hydrogen-bond acceptors (Lipinski definition) is 4. The minimum absolute atomic E-state index is 0.00558. The van der Waals surface area contributed by atoms with E-state index in [2.05, 4.69) is 21.2 Å². The van der Waals surface area contributed by atoms with E-state index in [1.165, 1.54) is 29.2 Å². The largest absolute Gasteiger partial charge is 0.354 e. The number of carbonyl (C=O) groups is 2. The minimum Gasteiger partial charge on any atom is -0.354 e. The summed E-state index contributed by atoms with van der Waals surface area (Å²) in [6.45, 7) is 5.68. The van der Waals surface area contributed by atoms with E-state index < -0.39 is 28.5 Å². The van der Waals surface area contributed by atoms with Gasteiger partial charge < -0.3 is 10.2 Å². The molecule has 0 saturated carbocycles. The normalized spacial score (nSPS) is 12.0. The molecule has 39 heavy (non-hydrogen) atoms. The van der Waals surface area contributed by atoms with E-state index in [4.69, 9.17) is 11.6 Å². The first-order chi connectivity index (χ1) is 18.5. The number of nitrogens with zero attached hydrogens (tertiary/aromatic N) is 2. The van der Waals surface area contributed by atoms with E-state index in [1.807, 2.05) is 44.2 Å². The number of rotatable bonds is 12. The lowest BCUT2D eigenvalue weighted by molar-refractivity contribution is -0.139. The van der Waals surface area contributed by atoms with Crippen molar-refractivity contribution in [1.29, 1.82) is 0 Å². The van der Waals surface area contributed by atoms with Crippen LogP contribution in [0.5, 0.6) is 0 Å². The second-order valence-electron chi connectivity index (χ2n) is 9.27. The number of carbonyl (C=O) groups excluding carboxylic acids is 2. The van der Waals surface area contributed by atoms with Crippen LogP contribution >= 0.6 is 27.5 Å². The summed E-state index contributed by atoms with van der Waals surface area (Å²) in [5.74, 6) is -0.799. The molecule has 0 heterocycles. The molecular weight excluding hydrogens is 602 g/mol. The third-order valence-electron chi connectivity index (χ3n) is 6.23. The van der Waals surface area contributed by atoms with Gasteiger partial charge in [0, 0.05) is 22.6 Å². The number of unbranched alkanes of at least 4 members (excludes halogenated alkanes) is 1. The van der Waals surface area contributed by atoms with Crippen LogP contribution in [0.1, 0.15) is 37.8 Å². The lowest BCUT2D eigenvalue weighted by Gasteiger charge is -2.32. The summed E-state index contributed by atoms with van der Waals surface area (Å²) in [6, 6.07) is 19.4. The van der Waals surface area contributed by atoms with Crippen molar-refractivity contribution in [3.8, 4) is 0 Å². The van der Waals surface area contributed by atoms with Gasteiger partial charge in [-0.2, -0.15) is 0 Å². The van der Waals surface area contributed by atoms with Gasteiger partial charge in [-0.1, -0.05) is 65.1 Å².